The molecule has 35 heavy (non-hydrogen) atoms. The zero-order valence-corrected chi connectivity index (χ0v) is 22.8. The Morgan fingerprint density at radius 1 is 0.971 bits per heavy atom. The average Bonchev–Trinajstić information content (AvgIpc) is 2.79. The molecule has 0 radical (unpaired) electrons. The number of sulfonamides is 1. The normalized spacial score (nSPS) is 13.1. The molecule has 0 fully saturated rings. The average molecular weight is 502 g/mol. The first kappa shape index (κ1) is 28.4. The monoisotopic (exact) mass is 501 g/mol. The molecule has 0 spiro atoms. The summed E-state index contributed by atoms with van der Waals surface area (Å²) in [4.78, 5) is 28.4. The number of hydrogen-bond donors (Lipinski definition) is 1. The van der Waals surface area contributed by atoms with Crippen LogP contribution in [0.3, 0.4) is 0 Å². The van der Waals surface area contributed by atoms with Gasteiger partial charge in [0.2, 0.25) is 21.8 Å². The number of amides is 2. The minimum Gasteiger partial charge on any atom is -0.352 e. The van der Waals surface area contributed by atoms with Crippen LogP contribution in [-0.2, 0) is 26.2 Å². The number of carbonyl (C=O) groups is 2. The first-order valence-electron chi connectivity index (χ1n) is 12.1. The third-order valence-electron chi connectivity index (χ3n) is 6.38. The van der Waals surface area contributed by atoms with Crippen molar-refractivity contribution >= 4 is 27.5 Å². The SMILES string of the molecule is CC[C@@H](C)NC(=O)[C@H](CC)N(Cc1ccc(C)cc1)C(=O)CN(c1cccc(C)c1C)S(C)(=O)=O. The van der Waals surface area contributed by atoms with E-state index in [-0.39, 0.29) is 25.0 Å². The number of aryl methyl sites for hydroxylation is 2. The van der Waals surface area contributed by atoms with Gasteiger partial charge in [-0.2, -0.15) is 0 Å². The van der Waals surface area contributed by atoms with E-state index in [0.29, 0.717) is 12.1 Å². The highest BCUT2D eigenvalue weighted by atomic mass is 32.2. The van der Waals surface area contributed by atoms with Gasteiger partial charge in [0.05, 0.1) is 11.9 Å². The predicted octanol–water partition coefficient (Wildman–Crippen LogP) is 4.10. The van der Waals surface area contributed by atoms with Gasteiger partial charge < -0.3 is 10.2 Å². The number of anilines is 1. The maximum absolute atomic E-state index is 13.7. The molecule has 2 amide bonds. The second-order valence-corrected chi connectivity index (χ2v) is 11.1. The molecule has 0 aromatic heterocycles. The predicted molar refractivity (Wildman–Crippen MR) is 142 cm³/mol. The maximum atomic E-state index is 13.7. The van der Waals surface area contributed by atoms with E-state index in [9.17, 15) is 18.0 Å². The minimum atomic E-state index is -3.75. The molecule has 7 nitrogen and oxygen atoms in total. The molecule has 0 aliphatic heterocycles. The standard InChI is InChI=1S/C27H39N3O4S/c1-8-21(5)28-27(32)24(9-2)29(17-23-15-13-19(3)14-16-23)26(31)18-30(35(7,33)34)25-12-10-11-20(4)22(25)6/h10-16,21,24H,8-9,17-18H2,1-7H3,(H,28,32)/t21-,24+/m1/s1. The Morgan fingerprint density at radius 2 is 1.60 bits per heavy atom. The van der Waals surface area contributed by atoms with Crippen LogP contribution in [0.25, 0.3) is 0 Å². The van der Waals surface area contributed by atoms with Crippen LogP contribution in [0.4, 0.5) is 5.69 Å². The Balaban J connectivity index is 2.47. The second-order valence-electron chi connectivity index (χ2n) is 9.24. The Morgan fingerprint density at radius 3 is 2.14 bits per heavy atom. The fourth-order valence-corrected chi connectivity index (χ4v) is 4.75. The van der Waals surface area contributed by atoms with Gasteiger partial charge in [0, 0.05) is 12.6 Å². The lowest BCUT2D eigenvalue weighted by molar-refractivity contribution is -0.140. The van der Waals surface area contributed by atoms with Crippen molar-refractivity contribution in [2.75, 3.05) is 17.1 Å². The van der Waals surface area contributed by atoms with Crippen molar-refractivity contribution in [1.29, 1.82) is 0 Å². The minimum absolute atomic E-state index is 0.0321. The van der Waals surface area contributed by atoms with Crippen molar-refractivity contribution in [2.24, 2.45) is 0 Å². The van der Waals surface area contributed by atoms with Crippen LogP contribution in [0.1, 0.15) is 55.9 Å². The Kier molecular flexibility index (Phi) is 9.89. The van der Waals surface area contributed by atoms with Crippen molar-refractivity contribution in [3.05, 3.63) is 64.7 Å². The van der Waals surface area contributed by atoms with Crippen LogP contribution in [0.2, 0.25) is 0 Å². The summed E-state index contributed by atoms with van der Waals surface area (Å²) in [6, 6.07) is 12.4. The van der Waals surface area contributed by atoms with Crippen LogP contribution in [0, 0.1) is 20.8 Å². The summed E-state index contributed by atoms with van der Waals surface area (Å²) < 4.78 is 26.7. The van der Waals surface area contributed by atoms with Crippen LogP contribution >= 0.6 is 0 Å². The van der Waals surface area contributed by atoms with Crippen molar-refractivity contribution < 1.29 is 18.0 Å². The molecule has 0 bridgehead atoms. The van der Waals surface area contributed by atoms with E-state index in [4.69, 9.17) is 0 Å². The lowest BCUT2D eigenvalue weighted by Crippen LogP contribution is -2.53. The van der Waals surface area contributed by atoms with Gasteiger partial charge in [-0.3, -0.25) is 13.9 Å². The molecular formula is C27H39N3O4S. The summed E-state index contributed by atoms with van der Waals surface area (Å²) in [5.74, 6) is -0.664. The van der Waals surface area contributed by atoms with E-state index in [1.54, 1.807) is 12.1 Å². The van der Waals surface area contributed by atoms with E-state index >= 15 is 0 Å². The largest absolute Gasteiger partial charge is 0.352 e. The van der Waals surface area contributed by atoms with Gasteiger partial charge >= 0.3 is 0 Å². The Hall–Kier alpha value is -2.87. The van der Waals surface area contributed by atoms with Crippen LogP contribution < -0.4 is 9.62 Å². The maximum Gasteiger partial charge on any atom is 0.244 e. The highest BCUT2D eigenvalue weighted by Gasteiger charge is 2.32. The van der Waals surface area contributed by atoms with Gasteiger partial charge in [0.25, 0.3) is 0 Å². The van der Waals surface area contributed by atoms with Gasteiger partial charge in [-0.1, -0.05) is 55.8 Å². The Bertz CT molecular complexity index is 1130. The van der Waals surface area contributed by atoms with Crippen molar-refractivity contribution in [2.45, 2.75) is 73.0 Å². The summed E-state index contributed by atoms with van der Waals surface area (Å²) in [7, 11) is -3.75. The number of rotatable bonds is 11. The molecule has 0 aliphatic carbocycles. The Labute approximate surface area is 210 Å². The number of benzene rings is 2. The van der Waals surface area contributed by atoms with Gasteiger partial charge in [-0.15, -0.1) is 0 Å². The molecule has 0 unspecified atom stereocenters. The zero-order valence-electron chi connectivity index (χ0n) is 22.0. The number of hydrogen-bond acceptors (Lipinski definition) is 4. The quantitative estimate of drug-likeness (QED) is 0.502. The third-order valence-corrected chi connectivity index (χ3v) is 7.51. The van der Waals surface area contributed by atoms with Crippen LogP contribution in [-0.4, -0.2) is 50.0 Å². The highest BCUT2D eigenvalue weighted by molar-refractivity contribution is 7.92. The third kappa shape index (κ3) is 7.56. The summed E-state index contributed by atoms with van der Waals surface area (Å²) in [5.41, 5.74) is 4.15. The van der Waals surface area contributed by atoms with Gasteiger partial charge in [0.1, 0.15) is 12.6 Å². The van der Waals surface area contributed by atoms with Crippen molar-refractivity contribution in [1.82, 2.24) is 10.2 Å². The molecular weight excluding hydrogens is 462 g/mol. The first-order valence-corrected chi connectivity index (χ1v) is 13.9. The van der Waals surface area contributed by atoms with E-state index in [1.165, 1.54) is 4.90 Å². The number of nitrogens with zero attached hydrogens (tertiary/aromatic N) is 2. The molecule has 8 heteroatoms. The topological polar surface area (TPSA) is 86.8 Å². The van der Waals surface area contributed by atoms with E-state index in [2.05, 4.69) is 5.32 Å². The van der Waals surface area contributed by atoms with Gasteiger partial charge in [0.15, 0.2) is 0 Å². The van der Waals surface area contributed by atoms with Gasteiger partial charge in [-0.05, 0) is 63.3 Å². The lowest BCUT2D eigenvalue weighted by Gasteiger charge is -2.33. The van der Waals surface area contributed by atoms with Crippen LogP contribution in [0.15, 0.2) is 42.5 Å². The molecule has 2 aromatic carbocycles. The molecule has 2 rings (SSSR count). The second kappa shape index (κ2) is 12.2. The smallest absolute Gasteiger partial charge is 0.244 e. The molecule has 0 heterocycles. The summed E-state index contributed by atoms with van der Waals surface area (Å²) >= 11 is 0. The van der Waals surface area contributed by atoms with Crippen molar-refractivity contribution in [3.63, 3.8) is 0 Å². The summed E-state index contributed by atoms with van der Waals surface area (Å²) in [5, 5.41) is 2.98. The molecule has 2 aromatic rings. The molecule has 192 valence electrons. The number of nitrogens with one attached hydrogen (secondary N) is 1. The van der Waals surface area contributed by atoms with Gasteiger partial charge in [-0.25, -0.2) is 8.42 Å². The molecule has 0 aliphatic rings. The molecule has 0 saturated heterocycles. The van der Waals surface area contributed by atoms with E-state index in [1.807, 2.05) is 71.9 Å². The fraction of sp³-hybridized carbons (Fsp3) is 0.481. The first-order chi connectivity index (χ1) is 16.4. The molecule has 2 atom stereocenters. The van der Waals surface area contributed by atoms with Crippen LogP contribution in [0.5, 0.6) is 0 Å². The summed E-state index contributed by atoms with van der Waals surface area (Å²) in [6.07, 6.45) is 2.27. The summed E-state index contributed by atoms with van der Waals surface area (Å²) in [6.45, 7) is 11.3. The molecule has 1 N–H and O–H groups in total. The zero-order chi connectivity index (χ0) is 26.3. The van der Waals surface area contributed by atoms with E-state index < -0.39 is 22.0 Å². The lowest BCUT2D eigenvalue weighted by atomic mass is 10.1. The molecule has 0 saturated carbocycles. The number of carbonyl (C=O) groups excluding carboxylic acids is 2. The fourth-order valence-electron chi connectivity index (χ4n) is 3.85. The highest BCUT2D eigenvalue weighted by Crippen LogP contribution is 2.25. The van der Waals surface area contributed by atoms with Crippen molar-refractivity contribution in [3.8, 4) is 0 Å². The van der Waals surface area contributed by atoms with E-state index in [0.717, 1.165) is 39.2 Å².